The highest BCUT2D eigenvalue weighted by Gasteiger charge is 2.17. The van der Waals surface area contributed by atoms with Gasteiger partial charge in [0.1, 0.15) is 0 Å². The summed E-state index contributed by atoms with van der Waals surface area (Å²) in [5.74, 6) is -1.23. The molecule has 0 heterocycles. The van der Waals surface area contributed by atoms with Gasteiger partial charge in [-0.2, -0.15) is 0 Å². The molecule has 0 radical (unpaired) electrons. The zero-order valence-electron chi connectivity index (χ0n) is 10.2. The van der Waals surface area contributed by atoms with Gasteiger partial charge in [0.2, 0.25) is 11.8 Å². The van der Waals surface area contributed by atoms with Crippen molar-refractivity contribution in [2.45, 2.75) is 58.3 Å². The quantitative estimate of drug-likeness (QED) is 0.558. The van der Waals surface area contributed by atoms with Crippen LogP contribution in [0.25, 0.3) is 0 Å². The molecule has 16 heavy (non-hydrogen) atoms. The molecule has 0 fully saturated rings. The molecule has 0 rings (SSSR count). The summed E-state index contributed by atoms with van der Waals surface area (Å²) in [6, 6.07) is 0. The van der Waals surface area contributed by atoms with Crippen molar-refractivity contribution in [3.63, 3.8) is 0 Å². The van der Waals surface area contributed by atoms with Crippen LogP contribution in [0.3, 0.4) is 0 Å². The molecular formula is C12H24N2O2. The van der Waals surface area contributed by atoms with Crippen molar-refractivity contribution >= 4 is 11.8 Å². The summed E-state index contributed by atoms with van der Waals surface area (Å²) >= 11 is 0. The number of amides is 2. The maximum Gasteiger partial charge on any atom is 0.221 e. The molecule has 0 aliphatic carbocycles. The lowest BCUT2D eigenvalue weighted by Gasteiger charge is -2.10. The van der Waals surface area contributed by atoms with Crippen LogP contribution < -0.4 is 11.5 Å². The highest BCUT2D eigenvalue weighted by molar-refractivity contribution is 5.83. The minimum absolute atomic E-state index is 0.0876. The maximum atomic E-state index is 11.0. The third-order valence-electron chi connectivity index (χ3n) is 2.76. The predicted molar refractivity (Wildman–Crippen MR) is 64.5 cm³/mol. The van der Waals surface area contributed by atoms with Crippen molar-refractivity contribution in [3.8, 4) is 0 Å². The van der Waals surface area contributed by atoms with E-state index in [2.05, 4.69) is 6.92 Å². The molecule has 0 bridgehead atoms. The summed E-state index contributed by atoms with van der Waals surface area (Å²) in [7, 11) is 0. The fraction of sp³-hybridized carbons (Fsp3) is 0.833. The second-order valence-electron chi connectivity index (χ2n) is 4.33. The number of carbonyl (C=O) groups excluding carboxylic acids is 2. The number of unbranched alkanes of at least 4 members (excludes halogenated alkanes) is 5. The Bertz CT molecular complexity index is 217. The standard InChI is InChI=1S/C12H24N2O2/c1-2-3-4-5-6-7-8-10(12(14)16)9-11(13)15/h10H,2-9H2,1H3,(H2,13,15)(H2,14,16). The number of nitrogens with two attached hydrogens (primary N) is 2. The molecule has 0 aliphatic heterocycles. The van der Waals surface area contributed by atoms with Gasteiger partial charge in [-0.05, 0) is 6.42 Å². The van der Waals surface area contributed by atoms with Crippen LogP contribution in [-0.4, -0.2) is 11.8 Å². The van der Waals surface area contributed by atoms with Gasteiger partial charge in [-0.25, -0.2) is 0 Å². The minimum atomic E-state index is -0.449. The van der Waals surface area contributed by atoms with Crippen LogP contribution in [0, 0.1) is 5.92 Å². The van der Waals surface area contributed by atoms with E-state index in [1.165, 1.54) is 25.7 Å². The Labute approximate surface area is 97.8 Å². The van der Waals surface area contributed by atoms with Gasteiger partial charge in [0.25, 0.3) is 0 Å². The molecule has 2 amide bonds. The van der Waals surface area contributed by atoms with Crippen molar-refractivity contribution in [2.75, 3.05) is 0 Å². The summed E-state index contributed by atoms with van der Waals surface area (Å²) in [6.07, 6.45) is 7.75. The Balaban J connectivity index is 3.60. The summed E-state index contributed by atoms with van der Waals surface area (Å²) in [6.45, 7) is 2.18. The third-order valence-corrected chi connectivity index (χ3v) is 2.76. The van der Waals surface area contributed by atoms with Gasteiger partial charge in [-0.15, -0.1) is 0 Å². The molecule has 1 atom stereocenters. The van der Waals surface area contributed by atoms with Crippen LogP contribution in [0.5, 0.6) is 0 Å². The molecule has 0 saturated heterocycles. The Morgan fingerprint density at radius 3 is 2.06 bits per heavy atom. The Kier molecular flexibility index (Phi) is 8.58. The number of carbonyl (C=O) groups is 2. The highest BCUT2D eigenvalue weighted by Crippen LogP contribution is 2.14. The van der Waals surface area contributed by atoms with Gasteiger partial charge >= 0.3 is 0 Å². The lowest BCUT2D eigenvalue weighted by atomic mass is 9.96. The largest absolute Gasteiger partial charge is 0.370 e. The summed E-state index contributed by atoms with van der Waals surface area (Å²) < 4.78 is 0. The van der Waals surface area contributed by atoms with E-state index in [4.69, 9.17) is 11.5 Å². The van der Waals surface area contributed by atoms with Crippen molar-refractivity contribution < 1.29 is 9.59 Å². The normalized spacial score (nSPS) is 12.3. The van der Waals surface area contributed by atoms with E-state index in [1.54, 1.807) is 0 Å². The average Bonchev–Trinajstić information content (AvgIpc) is 2.20. The maximum absolute atomic E-state index is 11.0. The van der Waals surface area contributed by atoms with Crippen molar-refractivity contribution in [1.82, 2.24) is 0 Å². The first kappa shape index (κ1) is 14.9. The number of primary amides is 2. The smallest absolute Gasteiger partial charge is 0.221 e. The first-order chi connectivity index (χ1) is 7.57. The molecule has 0 spiro atoms. The fourth-order valence-corrected chi connectivity index (χ4v) is 1.76. The third kappa shape index (κ3) is 8.26. The topological polar surface area (TPSA) is 86.2 Å². The molecule has 0 aromatic rings. The lowest BCUT2D eigenvalue weighted by molar-refractivity contribution is -0.127. The number of hydrogen-bond donors (Lipinski definition) is 2. The zero-order chi connectivity index (χ0) is 12.4. The van der Waals surface area contributed by atoms with Gasteiger partial charge in [0, 0.05) is 12.3 Å². The molecule has 0 aromatic carbocycles. The van der Waals surface area contributed by atoms with Crippen LogP contribution in [0.2, 0.25) is 0 Å². The second-order valence-corrected chi connectivity index (χ2v) is 4.33. The SMILES string of the molecule is CCCCCCCCC(CC(N)=O)C(N)=O. The van der Waals surface area contributed by atoms with Crippen LogP contribution in [-0.2, 0) is 9.59 Å². The monoisotopic (exact) mass is 228 g/mol. The molecule has 0 aliphatic rings. The molecule has 4 N–H and O–H groups in total. The summed E-state index contributed by atoms with van der Waals surface area (Å²) in [5, 5.41) is 0. The predicted octanol–water partition coefficient (Wildman–Crippen LogP) is 1.71. The van der Waals surface area contributed by atoms with Crippen LogP contribution >= 0.6 is 0 Å². The zero-order valence-corrected chi connectivity index (χ0v) is 10.2. The van der Waals surface area contributed by atoms with Gasteiger partial charge in [-0.3, -0.25) is 9.59 Å². The van der Waals surface area contributed by atoms with Crippen molar-refractivity contribution in [1.29, 1.82) is 0 Å². The molecular weight excluding hydrogens is 204 g/mol. The Morgan fingerprint density at radius 1 is 1.00 bits per heavy atom. The van der Waals surface area contributed by atoms with E-state index in [-0.39, 0.29) is 12.3 Å². The van der Waals surface area contributed by atoms with Gasteiger partial charge in [0.15, 0.2) is 0 Å². The second kappa shape index (κ2) is 9.19. The van der Waals surface area contributed by atoms with Crippen LogP contribution in [0.15, 0.2) is 0 Å². The molecule has 0 saturated carbocycles. The van der Waals surface area contributed by atoms with Crippen molar-refractivity contribution in [2.24, 2.45) is 17.4 Å². The Morgan fingerprint density at radius 2 is 1.56 bits per heavy atom. The molecule has 1 unspecified atom stereocenters. The van der Waals surface area contributed by atoms with Crippen LogP contribution in [0.1, 0.15) is 58.3 Å². The summed E-state index contributed by atoms with van der Waals surface area (Å²) in [4.78, 5) is 21.7. The van der Waals surface area contributed by atoms with E-state index in [1.807, 2.05) is 0 Å². The first-order valence-corrected chi connectivity index (χ1v) is 6.15. The number of rotatable bonds is 10. The van der Waals surface area contributed by atoms with Gasteiger partial charge in [-0.1, -0.05) is 45.4 Å². The molecule has 0 aromatic heterocycles. The number of hydrogen-bond acceptors (Lipinski definition) is 2. The highest BCUT2D eigenvalue weighted by atomic mass is 16.2. The van der Waals surface area contributed by atoms with E-state index in [0.717, 1.165) is 12.8 Å². The first-order valence-electron chi connectivity index (χ1n) is 6.15. The van der Waals surface area contributed by atoms with E-state index in [9.17, 15) is 9.59 Å². The fourth-order valence-electron chi connectivity index (χ4n) is 1.76. The molecule has 4 nitrogen and oxygen atoms in total. The summed E-state index contributed by atoms with van der Waals surface area (Å²) in [5.41, 5.74) is 10.3. The minimum Gasteiger partial charge on any atom is -0.370 e. The van der Waals surface area contributed by atoms with Crippen molar-refractivity contribution in [3.05, 3.63) is 0 Å². The molecule has 4 heteroatoms. The van der Waals surface area contributed by atoms with Gasteiger partial charge < -0.3 is 11.5 Å². The van der Waals surface area contributed by atoms with E-state index < -0.39 is 11.8 Å². The van der Waals surface area contributed by atoms with Crippen LogP contribution in [0.4, 0.5) is 0 Å². The molecule has 94 valence electrons. The van der Waals surface area contributed by atoms with Gasteiger partial charge in [0.05, 0.1) is 0 Å². The average molecular weight is 228 g/mol. The lowest BCUT2D eigenvalue weighted by Crippen LogP contribution is -2.28. The van der Waals surface area contributed by atoms with E-state index in [0.29, 0.717) is 6.42 Å². The van der Waals surface area contributed by atoms with E-state index >= 15 is 0 Å². The Hall–Kier alpha value is -1.06.